The molecule has 22 heavy (non-hydrogen) atoms. The Kier molecular flexibility index (Phi) is 4.11. The van der Waals surface area contributed by atoms with Crippen LogP contribution >= 0.6 is 0 Å². The Morgan fingerprint density at radius 1 is 1.14 bits per heavy atom. The van der Waals surface area contributed by atoms with Crippen molar-refractivity contribution in [3.05, 3.63) is 60.3 Å². The number of aromatic nitrogens is 6. The third-order valence-electron chi connectivity index (χ3n) is 3.19. The van der Waals surface area contributed by atoms with E-state index in [1.165, 1.54) is 29.1 Å². The number of pyridine rings is 1. The Morgan fingerprint density at radius 3 is 2.73 bits per heavy atom. The zero-order chi connectivity index (χ0) is 15.2. The van der Waals surface area contributed by atoms with Crippen molar-refractivity contribution in [2.45, 2.75) is 19.3 Å². The van der Waals surface area contributed by atoms with Gasteiger partial charge in [0, 0.05) is 18.8 Å². The van der Waals surface area contributed by atoms with E-state index < -0.39 is 0 Å². The van der Waals surface area contributed by atoms with E-state index in [4.69, 9.17) is 5.26 Å². The van der Waals surface area contributed by atoms with Crippen molar-refractivity contribution in [3.63, 3.8) is 0 Å². The summed E-state index contributed by atoms with van der Waals surface area (Å²) in [6.07, 6.45) is 10.6. The number of aryl methyl sites for hydroxylation is 2. The van der Waals surface area contributed by atoms with Gasteiger partial charge in [0.05, 0.1) is 6.20 Å². The fraction of sp³-hybridized carbons (Fsp3) is 0.200. The molecule has 0 saturated heterocycles. The van der Waals surface area contributed by atoms with Gasteiger partial charge in [-0.25, -0.2) is 19.6 Å². The molecule has 0 N–H and O–H groups in total. The normalized spacial score (nSPS) is 10.3. The molecule has 7 heteroatoms. The van der Waals surface area contributed by atoms with Crippen LogP contribution in [0.1, 0.15) is 23.4 Å². The minimum Gasteiger partial charge on any atom is -0.265 e. The van der Waals surface area contributed by atoms with E-state index in [1.54, 1.807) is 12.4 Å². The molecule has 0 aliphatic rings. The first-order valence-corrected chi connectivity index (χ1v) is 6.87. The van der Waals surface area contributed by atoms with Crippen molar-refractivity contribution in [1.82, 2.24) is 29.7 Å². The summed E-state index contributed by atoms with van der Waals surface area (Å²) in [7, 11) is 0. The van der Waals surface area contributed by atoms with Gasteiger partial charge in [-0.2, -0.15) is 10.4 Å². The summed E-state index contributed by atoms with van der Waals surface area (Å²) in [6.45, 7) is 0. The predicted octanol–water partition coefficient (Wildman–Crippen LogP) is 1.50. The third-order valence-corrected chi connectivity index (χ3v) is 3.19. The number of hydrogen-bond donors (Lipinski definition) is 0. The Morgan fingerprint density at radius 2 is 2.00 bits per heavy atom. The molecule has 0 spiro atoms. The molecule has 108 valence electrons. The maximum Gasteiger partial charge on any atom is 0.176 e. The van der Waals surface area contributed by atoms with Crippen LogP contribution in [0.15, 0.2) is 43.4 Å². The van der Waals surface area contributed by atoms with Crippen LogP contribution in [0.2, 0.25) is 0 Å². The minimum absolute atomic E-state index is 0.378. The first-order valence-electron chi connectivity index (χ1n) is 6.87. The molecule has 0 amide bonds. The zero-order valence-corrected chi connectivity index (χ0v) is 11.8. The number of nitrogens with zero attached hydrogens (tertiary/aromatic N) is 7. The van der Waals surface area contributed by atoms with Crippen LogP contribution in [-0.4, -0.2) is 29.7 Å². The topological polar surface area (TPSA) is 93.2 Å². The highest BCUT2D eigenvalue weighted by Gasteiger charge is 2.09. The van der Waals surface area contributed by atoms with Crippen LogP contribution in [0.3, 0.4) is 0 Å². The number of rotatable bonds is 5. The van der Waals surface area contributed by atoms with Gasteiger partial charge in [0.1, 0.15) is 30.1 Å². The molecule has 3 heterocycles. The summed E-state index contributed by atoms with van der Waals surface area (Å²) in [5, 5.41) is 13.2. The van der Waals surface area contributed by atoms with Gasteiger partial charge in [0.2, 0.25) is 0 Å². The average molecular weight is 291 g/mol. The lowest BCUT2D eigenvalue weighted by molar-refractivity contribution is 0.747. The fourth-order valence-electron chi connectivity index (χ4n) is 2.10. The molecule has 0 atom stereocenters. The largest absolute Gasteiger partial charge is 0.265 e. The highest BCUT2D eigenvalue weighted by Crippen LogP contribution is 2.10. The molecule has 0 saturated carbocycles. The molecule has 3 aromatic heterocycles. The second-order valence-electron chi connectivity index (χ2n) is 4.68. The van der Waals surface area contributed by atoms with Crippen molar-refractivity contribution >= 4 is 0 Å². The molecular formula is C15H13N7. The van der Waals surface area contributed by atoms with Crippen LogP contribution in [0.5, 0.6) is 0 Å². The van der Waals surface area contributed by atoms with E-state index in [0.29, 0.717) is 17.2 Å². The number of nitriles is 1. The molecular weight excluding hydrogens is 278 g/mol. The van der Waals surface area contributed by atoms with Crippen LogP contribution in [0.25, 0.3) is 5.82 Å². The summed E-state index contributed by atoms with van der Waals surface area (Å²) in [4.78, 5) is 16.6. The lowest BCUT2D eigenvalue weighted by atomic mass is 10.1. The lowest BCUT2D eigenvalue weighted by Gasteiger charge is -2.05. The molecule has 0 fully saturated rings. The number of hydrogen-bond acceptors (Lipinski definition) is 6. The van der Waals surface area contributed by atoms with Crippen LogP contribution < -0.4 is 0 Å². The molecule has 3 aromatic rings. The monoisotopic (exact) mass is 291 g/mol. The quantitative estimate of drug-likeness (QED) is 0.707. The molecule has 7 nitrogen and oxygen atoms in total. The third kappa shape index (κ3) is 3.12. The van der Waals surface area contributed by atoms with Gasteiger partial charge < -0.3 is 0 Å². The predicted molar refractivity (Wildman–Crippen MR) is 77.9 cm³/mol. The van der Waals surface area contributed by atoms with Gasteiger partial charge in [0.15, 0.2) is 5.82 Å². The Hall–Kier alpha value is -3.14. The second-order valence-corrected chi connectivity index (χ2v) is 4.68. The average Bonchev–Trinajstić information content (AvgIpc) is 3.10. The summed E-state index contributed by atoms with van der Waals surface area (Å²) < 4.78 is 1.48. The molecule has 0 aliphatic carbocycles. The standard InChI is InChI=1S/C15H13N7/c16-8-13-9-19-14(21-15(13)22-11-18-10-20-22)3-1-2-12-4-6-17-7-5-12/h4-7,9-11H,1-3H2. The lowest BCUT2D eigenvalue weighted by Crippen LogP contribution is -2.06. The molecule has 3 rings (SSSR count). The molecule has 0 bridgehead atoms. The first-order chi connectivity index (χ1) is 10.9. The Balaban J connectivity index is 1.72. The van der Waals surface area contributed by atoms with E-state index in [1.807, 2.05) is 12.1 Å². The molecule has 0 unspecified atom stereocenters. The maximum atomic E-state index is 9.14. The Bertz CT molecular complexity index is 775. The smallest absolute Gasteiger partial charge is 0.176 e. The van der Waals surface area contributed by atoms with Gasteiger partial charge in [-0.05, 0) is 30.5 Å². The SMILES string of the molecule is N#Cc1cnc(CCCc2ccncc2)nc1-n1cncn1. The summed E-state index contributed by atoms with van der Waals surface area (Å²) >= 11 is 0. The van der Waals surface area contributed by atoms with Gasteiger partial charge in [0.25, 0.3) is 0 Å². The van der Waals surface area contributed by atoms with Crippen molar-refractivity contribution in [2.24, 2.45) is 0 Å². The van der Waals surface area contributed by atoms with Crippen molar-refractivity contribution < 1.29 is 0 Å². The van der Waals surface area contributed by atoms with Crippen molar-refractivity contribution in [1.29, 1.82) is 5.26 Å². The van der Waals surface area contributed by atoms with E-state index in [9.17, 15) is 0 Å². The zero-order valence-electron chi connectivity index (χ0n) is 11.8. The summed E-state index contributed by atoms with van der Waals surface area (Å²) in [5.74, 6) is 1.16. The van der Waals surface area contributed by atoms with Crippen LogP contribution in [0.4, 0.5) is 0 Å². The highest BCUT2D eigenvalue weighted by molar-refractivity contribution is 5.40. The molecule has 0 aromatic carbocycles. The van der Waals surface area contributed by atoms with E-state index in [2.05, 4.69) is 31.1 Å². The van der Waals surface area contributed by atoms with Gasteiger partial charge in [-0.3, -0.25) is 4.98 Å². The maximum absolute atomic E-state index is 9.14. The minimum atomic E-state index is 0.378. The van der Waals surface area contributed by atoms with Gasteiger partial charge in [-0.15, -0.1) is 0 Å². The fourth-order valence-corrected chi connectivity index (χ4v) is 2.10. The molecule has 0 aliphatic heterocycles. The van der Waals surface area contributed by atoms with Gasteiger partial charge in [-0.1, -0.05) is 0 Å². The molecule has 0 radical (unpaired) electrons. The van der Waals surface area contributed by atoms with Crippen LogP contribution in [0, 0.1) is 11.3 Å². The van der Waals surface area contributed by atoms with Gasteiger partial charge >= 0.3 is 0 Å². The van der Waals surface area contributed by atoms with Crippen molar-refractivity contribution in [2.75, 3.05) is 0 Å². The van der Waals surface area contributed by atoms with E-state index >= 15 is 0 Å². The first kappa shape index (κ1) is 13.8. The summed E-state index contributed by atoms with van der Waals surface area (Å²) in [6, 6.07) is 6.07. The highest BCUT2D eigenvalue weighted by atomic mass is 15.3. The van der Waals surface area contributed by atoms with E-state index in [0.717, 1.165) is 19.3 Å². The van der Waals surface area contributed by atoms with E-state index in [-0.39, 0.29) is 0 Å². The second kappa shape index (κ2) is 6.54. The summed E-state index contributed by atoms with van der Waals surface area (Å²) in [5.41, 5.74) is 1.61. The Labute approximate surface area is 127 Å². The van der Waals surface area contributed by atoms with Crippen LogP contribution in [-0.2, 0) is 12.8 Å². The van der Waals surface area contributed by atoms with Crippen molar-refractivity contribution in [3.8, 4) is 11.9 Å².